The molecule has 12 heteroatoms. The molecule has 1 atom stereocenters. The number of alkyl halides is 3. The van der Waals surface area contributed by atoms with Crippen molar-refractivity contribution in [2.45, 2.75) is 50.0 Å². The number of hydrogen-bond donors (Lipinski definition) is 2. The summed E-state index contributed by atoms with van der Waals surface area (Å²) in [5, 5.41) is 8.64. The van der Waals surface area contributed by atoms with Crippen molar-refractivity contribution in [3.05, 3.63) is 54.0 Å². The van der Waals surface area contributed by atoms with Crippen LogP contribution in [0.3, 0.4) is 0 Å². The Bertz CT molecular complexity index is 1430. The highest BCUT2D eigenvalue weighted by Crippen LogP contribution is 2.47. The standard InChI is InChI=1S/C24H23F3N8O/c25-24(26,27)18-5-3-4-17(30-18)23(9-10-23)34-22-32-20(31-21(28)33-22)14-7-8-15-13-29-35(16(15)12-14)19-6-1-2-11-36-19/h3-5,7-8,12-13,19H,1-2,6,9-11H2,(H3,28,31,32,33,34). The van der Waals surface area contributed by atoms with Crippen LogP contribution in [-0.4, -0.2) is 36.3 Å². The number of nitrogens with two attached hydrogens (primary N) is 1. The number of aromatic nitrogens is 6. The average Bonchev–Trinajstić information content (AvgIpc) is 3.52. The molecule has 2 fully saturated rings. The van der Waals surface area contributed by atoms with Gasteiger partial charge in [0.25, 0.3) is 0 Å². The van der Waals surface area contributed by atoms with E-state index in [2.05, 4.69) is 30.4 Å². The third-order valence-electron chi connectivity index (χ3n) is 6.57. The summed E-state index contributed by atoms with van der Waals surface area (Å²) in [6.07, 6.45) is 1.34. The maximum absolute atomic E-state index is 13.2. The van der Waals surface area contributed by atoms with Gasteiger partial charge < -0.3 is 15.8 Å². The molecule has 9 nitrogen and oxygen atoms in total. The number of hydrogen-bond acceptors (Lipinski definition) is 8. The van der Waals surface area contributed by atoms with E-state index in [4.69, 9.17) is 10.5 Å². The smallest absolute Gasteiger partial charge is 0.368 e. The first-order valence-corrected chi connectivity index (χ1v) is 11.7. The van der Waals surface area contributed by atoms with Crippen LogP contribution >= 0.6 is 0 Å². The van der Waals surface area contributed by atoms with Crippen molar-refractivity contribution in [3.8, 4) is 11.4 Å². The van der Waals surface area contributed by atoms with Gasteiger partial charge >= 0.3 is 6.18 Å². The normalized spacial score (nSPS) is 19.4. The van der Waals surface area contributed by atoms with Gasteiger partial charge in [-0.2, -0.15) is 33.2 Å². The van der Waals surface area contributed by atoms with E-state index < -0.39 is 17.4 Å². The number of ether oxygens (including phenoxy) is 1. The number of rotatable bonds is 5. The van der Waals surface area contributed by atoms with Crippen molar-refractivity contribution in [2.24, 2.45) is 0 Å². The van der Waals surface area contributed by atoms with E-state index in [9.17, 15) is 13.2 Å². The van der Waals surface area contributed by atoms with Crippen LogP contribution < -0.4 is 11.1 Å². The Morgan fingerprint density at radius 2 is 1.92 bits per heavy atom. The van der Waals surface area contributed by atoms with Crippen molar-refractivity contribution in [3.63, 3.8) is 0 Å². The van der Waals surface area contributed by atoms with E-state index in [-0.39, 0.29) is 23.8 Å². The zero-order valence-corrected chi connectivity index (χ0v) is 19.2. The molecule has 1 aromatic carbocycles. The van der Waals surface area contributed by atoms with E-state index >= 15 is 0 Å². The molecule has 4 aromatic rings. The third-order valence-corrected chi connectivity index (χ3v) is 6.57. The Labute approximate surface area is 203 Å². The summed E-state index contributed by atoms with van der Waals surface area (Å²) < 4.78 is 47.3. The van der Waals surface area contributed by atoms with Gasteiger partial charge in [0.2, 0.25) is 11.9 Å². The Morgan fingerprint density at radius 1 is 1.06 bits per heavy atom. The molecule has 1 saturated heterocycles. The summed E-state index contributed by atoms with van der Waals surface area (Å²) in [5.41, 5.74) is 6.16. The minimum Gasteiger partial charge on any atom is -0.368 e. The molecular formula is C24H23F3N8O. The second-order valence-corrected chi connectivity index (χ2v) is 9.14. The maximum atomic E-state index is 13.2. The van der Waals surface area contributed by atoms with Gasteiger partial charge in [-0.3, -0.25) is 0 Å². The SMILES string of the molecule is Nc1nc(NC2(c3cccc(C(F)(F)F)n3)CC2)nc(-c2ccc3cnn(C4CCCCO4)c3c2)n1. The van der Waals surface area contributed by atoms with Gasteiger partial charge in [0.15, 0.2) is 12.1 Å². The summed E-state index contributed by atoms with van der Waals surface area (Å²) in [5.74, 6) is 0.523. The Morgan fingerprint density at radius 3 is 2.67 bits per heavy atom. The second kappa shape index (κ2) is 8.40. The Hall–Kier alpha value is -3.80. The lowest BCUT2D eigenvalue weighted by Crippen LogP contribution is -2.24. The fraction of sp³-hybridized carbons (Fsp3) is 0.375. The maximum Gasteiger partial charge on any atom is 0.433 e. The molecule has 0 bridgehead atoms. The summed E-state index contributed by atoms with van der Waals surface area (Å²) in [6, 6.07) is 9.62. The molecule has 0 amide bonds. The lowest BCUT2D eigenvalue weighted by Gasteiger charge is -2.23. The summed E-state index contributed by atoms with van der Waals surface area (Å²) in [4.78, 5) is 16.9. The highest BCUT2D eigenvalue weighted by Gasteiger charge is 2.47. The molecule has 1 aliphatic heterocycles. The zero-order valence-electron chi connectivity index (χ0n) is 19.2. The molecule has 4 heterocycles. The lowest BCUT2D eigenvalue weighted by molar-refractivity contribution is -0.141. The van der Waals surface area contributed by atoms with Crippen LogP contribution in [0.1, 0.15) is 49.7 Å². The quantitative estimate of drug-likeness (QED) is 0.409. The van der Waals surface area contributed by atoms with Crippen LogP contribution in [0.4, 0.5) is 25.1 Å². The number of nitrogen functional groups attached to an aromatic ring is 1. The van der Waals surface area contributed by atoms with E-state index in [1.165, 1.54) is 6.07 Å². The van der Waals surface area contributed by atoms with Crippen LogP contribution in [0.5, 0.6) is 0 Å². The third kappa shape index (κ3) is 4.21. The molecule has 0 spiro atoms. The number of benzene rings is 1. The summed E-state index contributed by atoms with van der Waals surface area (Å²) in [7, 11) is 0. The molecule has 0 radical (unpaired) electrons. The van der Waals surface area contributed by atoms with Crippen molar-refractivity contribution in [2.75, 3.05) is 17.7 Å². The number of fused-ring (bicyclic) bond motifs is 1. The van der Waals surface area contributed by atoms with Gasteiger partial charge in [-0.05, 0) is 50.3 Å². The fourth-order valence-electron chi connectivity index (χ4n) is 4.54. The molecule has 2 aliphatic rings. The van der Waals surface area contributed by atoms with Crippen LogP contribution in [0, 0.1) is 0 Å². The fourth-order valence-corrected chi connectivity index (χ4v) is 4.54. The largest absolute Gasteiger partial charge is 0.433 e. The highest BCUT2D eigenvalue weighted by molar-refractivity contribution is 5.83. The summed E-state index contributed by atoms with van der Waals surface area (Å²) in [6.45, 7) is 0.702. The number of nitrogens with one attached hydrogen (secondary N) is 1. The van der Waals surface area contributed by atoms with E-state index in [1.807, 2.05) is 22.9 Å². The highest BCUT2D eigenvalue weighted by atomic mass is 19.4. The van der Waals surface area contributed by atoms with E-state index in [1.54, 1.807) is 12.3 Å². The predicted molar refractivity (Wildman–Crippen MR) is 126 cm³/mol. The van der Waals surface area contributed by atoms with Gasteiger partial charge in [-0.15, -0.1) is 0 Å². The zero-order chi connectivity index (χ0) is 24.9. The molecule has 6 rings (SSSR count). The molecule has 1 unspecified atom stereocenters. The molecular weight excluding hydrogens is 473 g/mol. The first kappa shape index (κ1) is 22.7. The molecule has 3 aromatic heterocycles. The minimum absolute atomic E-state index is 0.000445. The van der Waals surface area contributed by atoms with E-state index in [0.29, 0.717) is 30.8 Å². The number of halogens is 3. The second-order valence-electron chi connectivity index (χ2n) is 9.14. The van der Waals surface area contributed by atoms with Crippen molar-refractivity contribution in [1.29, 1.82) is 0 Å². The average molecular weight is 496 g/mol. The molecule has 1 saturated carbocycles. The summed E-state index contributed by atoms with van der Waals surface area (Å²) >= 11 is 0. The molecule has 1 aliphatic carbocycles. The topological polar surface area (TPSA) is 117 Å². The minimum atomic E-state index is -4.52. The van der Waals surface area contributed by atoms with Crippen LogP contribution in [0.25, 0.3) is 22.3 Å². The number of anilines is 2. The Balaban J connectivity index is 1.32. The van der Waals surface area contributed by atoms with Crippen LogP contribution in [0.15, 0.2) is 42.6 Å². The first-order valence-electron chi connectivity index (χ1n) is 11.7. The van der Waals surface area contributed by atoms with Crippen LogP contribution in [-0.2, 0) is 16.5 Å². The number of nitrogens with zero attached hydrogens (tertiary/aromatic N) is 6. The van der Waals surface area contributed by atoms with Gasteiger partial charge in [0, 0.05) is 17.6 Å². The molecule has 3 N–H and O–H groups in total. The monoisotopic (exact) mass is 496 g/mol. The molecule has 186 valence electrons. The van der Waals surface area contributed by atoms with Crippen LogP contribution in [0.2, 0.25) is 0 Å². The van der Waals surface area contributed by atoms with Gasteiger partial charge in [0.1, 0.15) is 5.69 Å². The molecule has 36 heavy (non-hydrogen) atoms. The Kier molecular flexibility index (Phi) is 5.29. The van der Waals surface area contributed by atoms with Gasteiger partial charge in [0.05, 0.1) is 22.9 Å². The van der Waals surface area contributed by atoms with Gasteiger partial charge in [-0.25, -0.2) is 9.67 Å². The van der Waals surface area contributed by atoms with Gasteiger partial charge in [-0.1, -0.05) is 18.2 Å². The number of pyridine rings is 1. The van der Waals surface area contributed by atoms with Crippen molar-refractivity contribution < 1.29 is 17.9 Å². The first-order chi connectivity index (χ1) is 17.3. The van der Waals surface area contributed by atoms with Crippen molar-refractivity contribution >= 4 is 22.8 Å². The van der Waals surface area contributed by atoms with E-state index in [0.717, 1.165) is 36.2 Å². The lowest BCUT2D eigenvalue weighted by atomic mass is 10.1. The predicted octanol–water partition coefficient (Wildman–Crippen LogP) is 4.68. The van der Waals surface area contributed by atoms with Crippen molar-refractivity contribution in [1.82, 2.24) is 29.7 Å².